The maximum absolute atomic E-state index is 12.4. The Balaban J connectivity index is 4.77. The second-order valence-electron chi connectivity index (χ2n) is 4.83. The van der Waals surface area contributed by atoms with Crippen LogP contribution in [0.25, 0.3) is 0 Å². The SMILES string of the molecule is CC(C)(C)OC(=O)NC(CC(F)(F)F)/C(N)=C/NN. The summed E-state index contributed by atoms with van der Waals surface area (Å²) in [6.45, 7) is 4.77. The quantitative estimate of drug-likeness (QED) is 0.457. The number of nitrogens with one attached hydrogen (secondary N) is 2. The van der Waals surface area contributed by atoms with E-state index >= 15 is 0 Å². The number of nitrogens with two attached hydrogens (primary N) is 2. The minimum atomic E-state index is -4.49. The molecule has 0 aliphatic carbocycles. The van der Waals surface area contributed by atoms with Crippen molar-refractivity contribution < 1.29 is 22.7 Å². The van der Waals surface area contributed by atoms with Gasteiger partial charge in [0.15, 0.2) is 0 Å². The third-order valence-corrected chi connectivity index (χ3v) is 1.78. The summed E-state index contributed by atoms with van der Waals surface area (Å²) in [6, 6.07) is -1.45. The number of hydrogen-bond donors (Lipinski definition) is 4. The summed E-state index contributed by atoms with van der Waals surface area (Å²) in [5.74, 6) is 4.93. The van der Waals surface area contributed by atoms with Gasteiger partial charge in [0.1, 0.15) is 5.60 Å². The van der Waals surface area contributed by atoms with Gasteiger partial charge in [-0.3, -0.25) is 5.84 Å². The van der Waals surface area contributed by atoms with Crippen LogP contribution >= 0.6 is 0 Å². The molecule has 0 aromatic heterocycles. The third kappa shape index (κ3) is 9.00. The van der Waals surface area contributed by atoms with E-state index in [0.29, 0.717) is 0 Å². The molecular formula is C10H19F3N4O2. The van der Waals surface area contributed by atoms with Gasteiger partial charge in [-0.05, 0) is 20.8 Å². The third-order valence-electron chi connectivity index (χ3n) is 1.78. The summed E-state index contributed by atoms with van der Waals surface area (Å²) in [5.41, 5.74) is 6.32. The number of alkyl carbamates (subject to hydrolysis) is 1. The molecule has 0 saturated heterocycles. The zero-order valence-corrected chi connectivity index (χ0v) is 11.0. The summed E-state index contributed by atoms with van der Waals surface area (Å²) in [5, 5.41) is 2.04. The Morgan fingerprint density at radius 2 is 1.89 bits per heavy atom. The van der Waals surface area contributed by atoms with Crippen molar-refractivity contribution in [1.29, 1.82) is 0 Å². The van der Waals surface area contributed by atoms with Crippen LogP contribution in [0.2, 0.25) is 0 Å². The number of halogens is 3. The lowest BCUT2D eigenvalue weighted by Crippen LogP contribution is -2.44. The lowest BCUT2D eigenvalue weighted by atomic mass is 10.1. The summed E-state index contributed by atoms with van der Waals surface area (Å²) in [6.07, 6.45) is -5.84. The van der Waals surface area contributed by atoms with E-state index in [1.165, 1.54) is 0 Å². The van der Waals surface area contributed by atoms with Crippen LogP contribution in [0.4, 0.5) is 18.0 Å². The fourth-order valence-corrected chi connectivity index (χ4v) is 1.13. The van der Waals surface area contributed by atoms with Crippen LogP contribution in [-0.2, 0) is 4.74 Å². The fourth-order valence-electron chi connectivity index (χ4n) is 1.13. The summed E-state index contributed by atoms with van der Waals surface area (Å²) in [7, 11) is 0. The number of alkyl halides is 3. The van der Waals surface area contributed by atoms with Crippen LogP contribution in [0.15, 0.2) is 11.9 Å². The second-order valence-corrected chi connectivity index (χ2v) is 4.83. The highest BCUT2D eigenvalue weighted by Crippen LogP contribution is 2.23. The molecule has 1 atom stereocenters. The number of rotatable bonds is 4. The molecule has 6 nitrogen and oxygen atoms in total. The van der Waals surface area contributed by atoms with Gasteiger partial charge in [0.25, 0.3) is 0 Å². The highest BCUT2D eigenvalue weighted by molar-refractivity contribution is 5.68. The van der Waals surface area contributed by atoms with Crippen molar-refractivity contribution >= 4 is 6.09 Å². The number of ether oxygens (including phenoxy) is 1. The van der Waals surface area contributed by atoms with Crippen molar-refractivity contribution in [3.63, 3.8) is 0 Å². The van der Waals surface area contributed by atoms with Gasteiger partial charge in [-0.25, -0.2) is 4.79 Å². The Morgan fingerprint density at radius 1 is 1.37 bits per heavy atom. The fraction of sp³-hybridized carbons (Fsp3) is 0.700. The first-order valence-corrected chi connectivity index (χ1v) is 5.42. The lowest BCUT2D eigenvalue weighted by Gasteiger charge is -2.24. The van der Waals surface area contributed by atoms with Crippen molar-refractivity contribution in [2.24, 2.45) is 11.6 Å². The van der Waals surface area contributed by atoms with Crippen LogP contribution < -0.4 is 22.3 Å². The molecule has 0 heterocycles. The molecule has 0 aromatic rings. The summed E-state index contributed by atoms with van der Waals surface area (Å²) >= 11 is 0. The molecule has 0 rings (SSSR count). The Bertz CT molecular complexity index is 337. The molecule has 0 aliphatic heterocycles. The minimum Gasteiger partial charge on any atom is -0.444 e. The zero-order chi connectivity index (χ0) is 15.3. The highest BCUT2D eigenvalue weighted by Gasteiger charge is 2.34. The van der Waals surface area contributed by atoms with Gasteiger partial charge in [0, 0.05) is 11.9 Å². The Morgan fingerprint density at radius 3 is 2.26 bits per heavy atom. The number of hydrogen-bond acceptors (Lipinski definition) is 5. The topological polar surface area (TPSA) is 102 Å². The monoisotopic (exact) mass is 284 g/mol. The average Bonchev–Trinajstić information content (AvgIpc) is 2.11. The molecule has 0 aliphatic rings. The van der Waals surface area contributed by atoms with Gasteiger partial charge in [0.05, 0.1) is 12.5 Å². The largest absolute Gasteiger partial charge is 0.444 e. The Labute approximate surface area is 109 Å². The number of carbonyl (C=O) groups excluding carboxylic acids is 1. The van der Waals surface area contributed by atoms with Crippen LogP contribution in [-0.4, -0.2) is 23.9 Å². The van der Waals surface area contributed by atoms with Crippen LogP contribution in [0.3, 0.4) is 0 Å². The van der Waals surface area contributed by atoms with Gasteiger partial charge < -0.3 is 21.2 Å². The highest BCUT2D eigenvalue weighted by atomic mass is 19.4. The summed E-state index contributed by atoms with van der Waals surface area (Å²) < 4.78 is 42.0. The number of amides is 1. The maximum atomic E-state index is 12.4. The van der Waals surface area contributed by atoms with Crippen molar-refractivity contribution in [3.8, 4) is 0 Å². The molecule has 0 fully saturated rings. The van der Waals surface area contributed by atoms with E-state index in [0.717, 1.165) is 6.20 Å². The molecular weight excluding hydrogens is 265 g/mol. The van der Waals surface area contributed by atoms with Gasteiger partial charge in [-0.15, -0.1) is 0 Å². The van der Waals surface area contributed by atoms with Gasteiger partial charge in [-0.1, -0.05) is 0 Å². The molecule has 0 saturated carbocycles. The van der Waals surface area contributed by atoms with E-state index in [1.807, 2.05) is 10.7 Å². The Kier molecular flexibility index (Phi) is 5.94. The number of carbonyl (C=O) groups is 1. The first-order chi connectivity index (χ1) is 8.44. The normalized spacial score (nSPS) is 14.8. The zero-order valence-electron chi connectivity index (χ0n) is 11.0. The standard InChI is InChI=1S/C10H19F3N4O2/c1-9(2,3)19-8(18)17-7(4-10(11,12)13)6(14)5-16-15/h5,7,16H,4,14-15H2,1-3H3,(H,17,18)/b6-5-. The average molecular weight is 284 g/mol. The molecule has 19 heavy (non-hydrogen) atoms. The van der Waals surface area contributed by atoms with Gasteiger partial charge in [-0.2, -0.15) is 13.2 Å². The molecule has 112 valence electrons. The second kappa shape index (κ2) is 6.50. The van der Waals surface area contributed by atoms with E-state index < -0.39 is 30.3 Å². The van der Waals surface area contributed by atoms with Crippen LogP contribution in [0, 0.1) is 0 Å². The van der Waals surface area contributed by atoms with Gasteiger partial charge >= 0.3 is 12.3 Å². The van der Waals surface area contributed by atoms with E-state index in [-0.39, 0.29) is 5.70 Å². The first kappa shape index (κ1) is 17.4. The molecule has 0 spiro atoms. The number of hydrazine groups is 1. The molecule has 0 radical (unpaired) electrons. The lowest BCUT2D eigenvalue weighted by molar-refractivity contribution is -0.137. The van der Waals surface area contributed by atoms with Crippen molar-refractivity contribution in [2.45, 2.75) is 45.0 Å². The van der Waals surface area contributed by atoms with E-state index in [9.17, 15) is 18.0 Å². The summed E-state index contributed by atoms with van der Waals surface area (Å²) in [4.78, 5) is 11.4. The molecule has 6 N–H and O–H groups in total. The van der Waals surface area contributed by atoms with Crippen LogP contribution in [0.1, 0.15) is 27.2 Å². The van der Waals surface area contributed by atoms with Crippen LogP contribution in [0.5, 0.6) is 0 Å². The maximum Gasteiger partial charge on any atom is 0.408 e. The minimum absolute atomic E-state index is 0.259. The predicted octanol–water partition coefficient (Wildman–Crippen LogP) is 1.10. The van der Waals surface area contributed by atoms with E-state index in [2.05, 4.69) is 0 Å². The first-order valence-electron chi connectivity index (χ1n) is 5.42. The smallest absolute Gasteiger partial charge is 0.408 e. The molecule has 0 bridgehead atoms. The van der Waals surface area contributed by atoms with E-state index in [4.69, 9.17) is 16.3 Å². The van der Waals surface area contributed by atoms with Gasteiger partial charge in [0.2, 0.25) is 0 Å². The van der Waals surface area contributed by atoms with Crippen molar-refractivity contribution in [3.05, 3.63) is 11.9 Å². The molecule has 1 amide bonds. The van der Waals surface area contributed by atoms with Crippen molar-refractivity contribution in [1.82, 2.24) is 10.7 Å². The van der Waals surface area contributed by atoms with Crippen molar-refractivity contribution in [2.75, 3.05) is 0 Å². The molecule has 9 heteroatoms. The Hall–Kier alpha value is -1.64. The van der Waals surface area contributed by atoms with E-state index in [1.54, 1.807) is 20.8 Å². The molecule has 0 aromatic carbocycles. The predicted molar refractivity (Wildman–Crippen MR) is 63.4 cm³/mol. The molecule has 1 unspecified atom stereocenters.